The lowest BCUT2D eigenvalue weighted by molar-refractivity contribution is -0.134. The van der Waals surface area contributed by atoms with Gasteiger partial charge in [0, 0.05) is 39.0 Å². The number of anilines is 1. The summed E-state index contributed by atoms with van der Waals surface area (Å²) in [5, 5.41) is 0. The Bertz CT molecular complexity index is 861. The second-order valence-corrected chi connectivity index (χ2v) is 7.60. The number of nitrogens with zero attached hydrogens (tertiary/aromatic N) is 3. The smallest absolute Gasteiger partial charge is 0.338 e. The number of esters is 1. The number of rotatable bonds is 7. The fourth-order valence-electron chi connectivity index (χ4n) is 3.68. The number of hydrogen-bond acceptors (Lipinski definition) is 7. The van der Waals surface area contributed by atoms with E-state index in [1.54, 1.807) is 35.4 Å². The average Bonchev–Trinajstić information content (AvgIpc) is 3.36. The summed E-state index contributed by atoms with van der Waals surface area (Å²) in [6.45, 7) is 3.57. The van der Waals surface area contributed by atoms with Crippen molar-refractivity contribution in [2.75, 3.05) is 50.9 Å². The lowest BCUT2D eigenvalue weighted by atomic mass is 10.2. The van der Waals surface area contributed by atoms with E-state index in [0.717, 1.165) is 25.3 Å². The van der Waals surface area contributed by atoms with Crippen molar-refractivity contribution in [1.82, 2.24) is 9.88 Å². The Morgan fingerprint density at radius 1 is 1.06 bits per heavy atom. The molecule has 1 aromatic heterocycles. The number of carbonyl (C=O) groups is 2. The van der Waals surface area contributed by atoms with E-state index in [1.807, 2.05) is 18.2 Å². The minimum absolute atomic E-state index is 0.140. The average molecular weight is 425 g/mol. The van der Waals surface area contributed by atoms with Crippen molar-refractivity contribution >= 4 is 17.7 Å². The van der Waals surface area contributed by atoms with Gasteiger partial charge in [0.05, 0.1) is 11.7 Å². The molecule has 0 radical (unpaired) electrons. The number of aromatic nitrogens is 1. The highest BCUT2D eigenvalue weighted by Crippen LogP contribution is 2.17. The molecule has 2 aliphatic heterocycles. The second kappa shape index (κ2) is 10.3. The van der Waals surface area contributed by atoms with E-state index < -0.39 is 5.97 Å². The van der Waals surface area contributed by atoms with Gasteiger partial charge in [0.15, 0.2) is 6.61 Å². The number of amides is 1. The fourth-order valence-corrected chi connectivity index (χ4v) is 3.68. The summed E-state index contributed by atoms with van der Waals surface area (Å²) in [7, 11) is 0. The molecule has 0 spiro atoms. The summed E-state index contributed by atoms with van der Waals surface area (Å²) in [5.74, 6) is 0.870. The Labute approximate surface area is 181 Å². The van der Waals surface area contributed by atoms with Gasteiger partial charge in [0.1, 0.15) is 18.2 Å². The monoisotopic (exact) mass is 425 g/mol. The molecular weight excluding hydrogens is 398 g/mol. The quantitative estimate of drug-likeness (QED) is 0.629. The van der Waals surface area contributed by atoms with Crippen LogP contribution in [0.5, 0.6) is 5.75 Å². The molecule has 1 amide bonds. The number of carbonyl (C=O) groups excluding carboxylic acids is 2. The van der Waals surface area contributed by atoms with Gasteiger partial charge in [-0.05, 0) is 49.2 Å². The van der Waals surface area contributed by atoms with Crippen molar-refractivity contribution < 1.29 is 23.8 Å². The molecule has 2 saturated heterocycles. The second-order valence-electron chi connectivity index (χ2n) is 7.60. The normalized spacial score (nSPS) is 18.6. The zero-order valence-corrected chi connectivity index (χ0v) is 17.4. The molecule has 2 aromatic rings. The molecule has 1 atom stereocenters. The van der Waals surface area contributed by atoms with E-state index in [1.165, 1.54) is 0 Å². The third-order valence-electron chi connectivity index (χ3n) is 5.48. The van der Waals surface area contributed by atoms with Crippen LogP contribution in [-0.4, -0.2) is 73.9 Å². The van der Waals surface area contributed by atoms with Gasteiger partial charge in [0.25, 0.3) is 5.91 Å². The standard InChI is InChI=1S/C23H27N3O5/c27-22(26-13-11-25(12-14-26)21-5-1-2-10-24-21)17-31-23(28)18-6-8-19(9-7-18)30-16-20-4-3-15-29-20/h1-2,5-10,20H,3-4,11-17H2. The number of pyridine rings is 1. The molecule has 3 heterocycles. The van der Waals surface area contributed by atoms with Crippen LogP contribution in [0.1, 0.15) is 23.2 Å². The van der Waals surface area contributed by atoms with Gasteiger partial charge in [-0.1, -0.05) is 6.07 Å². The molecule has 31 heavy (non-hydrogen) atoms. The third kappa shape index (κ3) is 5.73. The van der Waals surface area contributed by atoms with Gasteiger partial charge >= 0.3 is 5.97 Å². The molecule has 0 aliphatic carbocycles. The van der Waals surface area contributed by atoms with Crippen LogP contribution in [0.15, 0.2) is 48.7 Å². The first-order valence-electron chi connectivity index (χ1n) is 10.6. The molecule has 8 nitrogen and oxygen atoms in total. The van der Waals surface area contributed by atoms with Crippen molar-refractivity contribution in [2.24, 2.45) is 0 Å². The first-order chi connectivity index (χ1) is 15.2. The molecule has 2 fully saturated rings. The van der Waals surface area contributed by atoms with E-state index in [-0.39, 0.29) is 18.6 Å². The summed E-state index contributed by atoms with van der Waals surface area (Å²) in [6.07, 6.45) is 3.98. The van der Waals surface area contributed by atoms with E-state index in [9.17, 15) is 9.59 Å². The maximum atomic E-state index is 12.4. The number of piperazine rings is 1. The SMILES string of the molecule is O=C(OCC(=O)N1CCN(c2ccccn2)CC1)c1ccc(OCC2CCCO2)cc1. The summed E-state index contributed by atoms with van der Waals surface area (Å²) in [6, 6.07) is 12.5. The van der Waals surface area contributed by atoms with Gasteiger partial charge < -0.3 is 24.0 Å². The van der Waals surface area contributed by atoms with Crippen LogP contribution in [0.2, 0.25) is 0 Å². The van der Waals surface area contributed by atoms with Gasteiger partial charge in [0.2, 0.25) is 0 Å². The Kier molecular flexibility index (Phi) is 6.99. The zero-order valence-electron chi connectivity index (χ0n) is 17.4. The van der Waals surface area contributed by atoms with E-state index in [2.05, 4.69) is 9.88 Å². The molecule has 0 N–H and O–H groups in total. The lowest BCUT2D eigenvalue weighted by Crippen LogP contribution is -2.50. The summed E-state index contributed by atoms with van der Waals surface area (Å²) in [5.41, 5.74) is 0.386. The van der Waals surface area contributed by atoms with Crippen molar-refractivity contribution in [3.8, 4) is 5.75 Å². The molecule has 1 unspecified atom stereocenters. The highest BCUT2D eigenvalue weighted by atomic mass is 16.5. The summed E-state index contributed by atoms with van der Waals surface area (Å²) >= 11 is 0. The van der Waals surface area contributed by atoms with E-state index >= 15 is 0 Å². The maximum Gasteiger partial charge on any atom is 0.338 e. The Morgan fingerprint density at radius 3 is 2.55 bits per heavy atom. The molecule has 0 bridgehead atoms. The van der Waals surface area contributed by atoms with Gasteiger partial charge in [-0.3, -0.25) is 4.79 Å². The van der Waals surface area contributed by atoms with E-state index in [4.69, 9.17) is 14.2 Å². The predicted molar refractivity (Wildman–Crippen MR) is 114 cm³/mol. The van der Waals surface area contributed by atoms with Crippen LogP contribution in [-0.2, 0) is 14.3 Å². The van der Waals surface area contributed by atoms with Gasteiger partial charge in [-0.25, -0.2) is 9.78 Å². The van der Waals surface area contributed by atoms with Crippen LogP contribution in [0.4, 0.5) is 5.82 Å². The van der Waals surface area contributed by atoms with Crippen molar-refractivity contribution in [3.05, 3.63) is 54.2 Å². The molecule has 8 heteroatoms. The van der Waals surface area contributed by atoms with E-state index in [0.29, 0.717) is 44.1 Å². The highest BCUT2D eigenvalue weighted by molar-refractivity contribution is 5.91. The molecule has 0 saturated carbocycles. The van der Waals surface area contributed by atoms with Crippen LogP contribution in [0.25, 0.3) is 0 Å². The van der Waals surface area contributed by atoms with Crippen LogP contribution < -0.4 is 9.64 Å². The Hall–Kier alpha value is -3.13. The largest absolute Gasteiger partial charge is 0.491 e. The van der Waals surface area contributed by atoms with Gasteiger partial charge in [-0.15, -0.1) is 0 Å². The lowest BCUT2D eigenvalue weighted by Gasteiger charge is -2.35. The zero-order chi connectivity index (χ0) is 21.5. The minimum atomic E-state index is -0.522. The van der Waals surface area contributed by atoms with Crippen LogP contribution in [0, 0.1) is 0 Å². The summed E-state index contributed by atoms with van der Waals surface area (Å²) in [4.78, 5) is 32.9. The molecule has 164 valence electrons. The molecule has 4 rings (SSSR count). The molecular formula is C23H27N3O5. The summed E-state index contributed by atoms with van der Waals surface area (Å²) < 4.78 is 16.4. The van der Waals surface area contributed by atoms with Crippen LogP contribution in [0.3, 0.4) is 0 Å². The first kappa shape index (κ1) is 21.1. The van der Waals surface area contributed by atoms with Crippen molar-refractivity contribution in [1.29, 1.82) is 0 Å². The third-order valence-corrected chi connectivity index (χ3v) is 5.48. The number of ether oxygens (including phenoxy) is 3. The van der Waals surface area contributed by atoms with Crippen molar-refractivity contribution in [2.45, 2.75) is 18.9 Å². The molecule has 2 aliphatic rings. The minimum Gasteiger partial charge on any atom is -0.491 e. The number of hydrogen-bond donors (Lipinski definition) is 0. The maximum absolute atomic E-state index is 12.4. The van der Waals surface area contributed by atoms with Crippen LogP contribution >= 0.6 is 0 Å². The van der Waals surface area contributed by atoms with Gasteiger partial charge in [-0.2, -0.15) is 0 Å². The number of benzene rings is 1. The fraction of sp³-hybridized carbons (Fsp3) is 0.435. The Balaban J connectivity index is 1.19. The predicted octanol–water partition coefficient (Wildman–Crippen LogP) is 2.14. The molecule has 1 aromatic carbocycles. The van der Waals surface area contributed by atoms with Crippen molar-refractivity contribution in [3.63, 3.8) is 0 Å². The Morgan fingerprint density at radius 2 is 1.87 bits per heavy atom. The first-order valence-corrected chi connectivity index (χ1v) is 10.6. The highest BCUT2D eigenvalue weighted by Gasteiger charge is 2.23. The topological polar surface area (TPSA) is 81.2 Å².